The van der Waals surface area contributed by atoms with Crippen LogP contribution in [0.3, 0.4) is 0 Å². The van der Waals surface area contributed by atoms with E-state index in [0.717, 1.165) is 22.6 Å². The number of thioether (sulfide) groups is 1. The van der Waals surface area contributed by atoms with Gasteiger partial charge in [0, 0.05) is 36.1 Å². The largest absolute Gasteiger partial charge is 0.497 e. The maximum Gasteiger partial charge on any atom is 0.234 e. The topological polar surface area (TPSA) is 86.9 Å². The van der Waals surface area contributed by atoms with Crippen LogP contribution in [-0.2, 0) is 18.4 Å². The molecule has 0 aliphatic heterocycles. The summed E-state index contributed by atoms with van der Waals surface area (Å²) in [6.07, 6.45) is 1.92. The van der Waals surface area contributed by atoms with Gasteiger partial charge in [-0.15, -0.1) is 10.2 Å². The second kappa shape index (κ2) is 10.1. The van der Waals surface area contributed by atoms with E-state index >= 15 is 0 Å². The third kappa shape index (κ3) is 5.20. The summed E-state index contributed by atoms with van der Waals surface area (Å²) in [7, 11) is 3.51. The quantitative estimate of drug-likeness (QED) is 0.364. The van der Waals surface area contributed by atoms with Crippen LogP contribution in [0.2, 0.25) is 5.02 Å². The van der Waals surface area contributed by atoms with Gasteiger partial charge in [0.1, 0.15) is 11.4 Å². The number of hydrogen-bond donors (Lipinski definition) is 1. The maximum atomic E-state index is 12.4. The Morgan fingerprint density at radius 1 is 1.18 bits per heavy atom. The van der Waals surface area contributed by atoms with Crippen molar-refractivity contribution in [3.63, 3.8) is 0 Å². The molecule has 33 heavy (non-hydrogen) atoms. The lowest BCUT2D eigenvalue weighted by Gasteiger charge is -2.08. The van der Waals surface area contributed by atoms with Gasteiger partial charge >= 0.3 is 0 Å². The van der Waals surface area contributed by atoms with Gasteiger partial charge in [-0.2, -0.15) is 5.10 Å². The third-order valence-corrected chi connectivity index (χ3v) is 6.13. The predicted octanol–water partition coefficient (Wildman–Crippen LogP) is 4.76. The van der Waals surface area contributed by atoms with E-state index < -0.39 is 0 Å². The van der Waals surface area contributed by atoms with E-state index in [1.165, 1.54) is 11.8 Å². The molecule has 0 aliphatic carbocycles. The number of amides is 1. The van der Waals surface area contributed by atoms with Crippen molar-refractivity contribution in [1.82, 2.24) is 24.5 Å². The van der Waals surface area contributed by atoms with Gasteiger partial charge in [-0.1, -0.05) is 35.5 Å². The summed E-state index contributed by atoms with van der Waals surface area (Å²) >= 11 is 7.23. The van der Waals surface area contributed by atoms with E-state index in [1.807, 2.05) is 49.0 Å². The van der Waals surface area contributed by atoms with Gasteiger partial charge < -0.3 is 14.6 Å². The summed E-state index contributed by atoms with van der Waals surface area (Å²) in [5.74, 6) is 1.53. The molecule has 0 bridgehead atoms. The molecule has 4 rings (SSSR count). The lowest BCUT2D eigenvalue weighted by molar-refractivity contribution is -0.113. The van der Waals surface area contributed by atoms with E-state index in [-0.39, 0.29) is 11.7 Å². The van der Waals surface area contributed by atoms with Crippen molar-refractivity contribution >= 4 is 35.0 Å². The van der Waals surface area contributed by atoms with E-state index in [4.69, 9.17) is 16.3 Å². The maximum absolute atomic E-state index is 12.4. The Hall–Kier alpha value is -3.30. The molecule has 8 nitrogen and oxygen atoms in total. The van der Waals surface area contributed by atoms with E-state index in [0.29, 0.717) is 28.2 Å². The summed E-state index contributed by atoms with van der Waals surface area (Å²) in [4.78, 5) is 12.4. The molecule has 2 heterocycles. The Kier molecular flexibility index (Phi) is 7.00. The van der Waals surface area contributed by atoms with Crippen LogP contribution in [0.1, 0.15) is 6.92 Å². The Balaban J connectivity index is 1.56. The molecular formula is C23H23ClN6O2S. The number of carbonyl (C=O) groups is 1. The molecule has 0 fully saturated rings. The van der Waals surface area contributed by atoms with Crippen LogP contribution in [-0.4, -0.2) is 43.3 Å². The van der Waals surface area contributed by atoms with Crippen LogP contribution in [0.5, 0.6) is 5.75 Å². The highest BCUT2D eigenvalue weighted by Gasteiger charge is 2.21. The van der Waals surface area contributed by atoms with Crippen LogP contribution in [0.15, 0.2) is 59.9 Å². The SMILES string of the molecule is CCn1c(SCC(=O)Nc2ccc(Cl)cc2)nnc1-c1cn(C)nc1-c1cccc(OC)c1. The minimum atomic E-state index is -0.132. The summed E-state index contributed by atoms with van der Waals surface area (Å²) < 4.78 is 9.11. The Labute approximate surface area is 200 Å². The second-order valence-electron chi connectivity index (χ2n) is 7.19. The van der Waals surface area contributed by atoms with Crippen molar-refractivity contribution in [3.05, 3.63) is 59.8 Å². The van der Waals surface area contributed by atoms with Gasteiger partial charge in [0.05, 0.1) is 18.4 Å². The van der Waals surface area contributed by atoms with E-state index in [9.17, 15) is 4.79 Å². The molecule has 0 atom stereocenters. The van der Waals surface area contributed by atoms with Gasteiger partial charge in [0.25, 0.3) is 0 Å². The molecule has 0 saturated carbocycles. The first-order valence-corrected chi connectivity index (χ1v) is 11.6. The van der Waals surface area contributed by atoms with Crippen LogP contribution >= 0.6 is 23.4 Å². The van der Waals surface area contributed by atoms with Gasteiger partial charge in [0.2, 0.25) is 5.91 Å². The number of nitrogens with one attached hydrogen (secondary N) is 1. The highest BCUT2D eigenvalue weighted by atomic mass is 35.5. The van der Waals surface area contributed by atoms with Gasteiger partial charge in [0.15, 0.2) is 11.0 Å². The zero-order valence-electron chi connectivity index (χ0n) is 18.4. The van der Waals surface area contributed by atoms with Gasteiger partial charge in [-0.25, -0.2) is 0 Å². The Bertz CT molecular complexity index is 1270. The van der Waals surface area contributed by atoms with E-state index in [2.05, 4.69) is 20.6 Å². The average molecular weight is 483 g/mol. The Morgan fingerprint density at radius 2 is 1.97 bits per heavy atom. The number of anilines is 1. The van der Waals surface area contributed by atoms with Crippen molar-refractivity contribution in [2.24, 2.45) is 7.05 Å². The number of halogens is 1. The molecule has 0 radical (unpaired) electrons. The molecule has 2 aromatic carbocycles. The highest BCUT2D eigenvalue weighted by Crippen LogP contribution is 2.33. The van der Waals surface area contributed by atoms with Crippen LogP contribution < -0.4 is 10.1 Å². The highest BCUT2D eigenvalue weighted by molar-refractivity contribution is 7.99. The minimum absolute atomic E-state index is 0.132. The third-order valence-electron chi connectivity index (χ3n) is 4.91. The van der Waals surface area contributed by atoms with Crippen molar-refractivity contribution in [1.29, 1.82) is 0 Å². The fourth-order valence-corrected chi connectivity index (χ4v) is 4.30. The number of aromatic nitrogens is 5. The zero-order valence-corrected chi connectivity index (χ0v) is 20.0. The lowest BCUT2D eigenvalue weighted by atomic mass is 10.1. The Morgan fingerprint density at radius 3 is 2.70 bits per heavy atom. The second-order valence-corrected chi connectivity index (χ2v) is 8.57. The summed E-state index contributed by atoms with van der Waals surface area (Å²) in [5, 5.41) is 17.6. The number of rotatable bonds is 8. The normalized spacial score (nSPS) is 10.9. The summed E-state index contributed by atoms with van der Waals surface area (Å²) in [6, 6.07) is 14.7. The first-order valence-electron chi connectivity index (χ1n) is 10.3. The number of carbonyl (C=O) groups excluding carboxylic acids is 1. The molecular weight excluding hydrogens is 460 g/mol. The van der Waals surface area contributed by atoms with Crippen molar-refractivity contribution < 1.29 is 9.53 Å². The molecule has 0 saturated heterocycles. The number of hydrogen-bond acceptors (Lipinski definition) is 6. The molecule has 170 valence electrons. The first-order chi connectivity index (χ1) is 16.0. The number of methoxy groups -OCH3 is 1. The lowest BCUT2D eigenvalue weighted by Crippen LogP contribution is -2.14. The smallest absolute Gasteiger partial charge is 0.234 e. The molecule has 4 aromatic rings. The van der Waals surface area contributed by atoms with Gasteiger partial charge in [-0.05, 0) is 43.3 Å². The minimum Gasteiger partial charge on any atom is -0.497 e. The van der Waals surface area contributed by atoms with Crippen LogP contribution in [0.4, 0.5) is 5.69 Å². The van der Waals surface area contributed by atoms with Crippen LogP contribution in [0, 0.1) is 0 Å². The van der Waals surface area contributed by atoms with Crippen molar-refractivity contribution in [2.75, 3.05) is 18.2 Å². The van der Waals surface area contributed by atoms with E-state index in [1.54, 1.807) is 36.1 Å². The molecule has 0 unspecified atom stereocenters. The van der Waals surface area contributed by atoms with Gasteiger partial charge in [-0.3, -0.25) is 9.48 Å². The standard InChI is InChI=1S/C23H23ClN6O2S/c1-4-30-22(19-13-29(2)28-21(19)15-6-5-7-18(12-15)32-3)26-27-23(30)33-14-20(31)25-17-10-8-16(24)9-11-17/h5-13H,4,14H2,1-3H3,(H,25,31). The zero-order chi connectivity index (χ0) is 23.4. The predicted molar refractivity (Wildman–Crippen MR) is 131 cm³/mol. The molecule has 1 N–H and O–H groups in total. The molecule has 2 aromatic heterocycles. The van der Waals surface area contributed by atoms with Crippen molar-refractivity contribution in [3.8, 4) is 28.4 Å². The molecule has 10 heteroatoms. The molecule has 0 aliphatic rings. The average Bonchev–Trinajstić information content (AvgIpc) is 3.41. The fourth-order valence-electron chi connectivity index (χ4n) is 3.38. The summed E-state index contributed by atoms with van der Waals surface area (Å²) in [6.45, 7) is 2.67. The van der Waals surface area contributed by atoms with Crippen molar-refractivity contribution in [2.45, 2.75) is 18.6 Å². The number of benzene rings is 2. The fraction of sp³-hybridized carbons (Fsp3) is 0.217. The number of ether oxygens (including phenoxy) is 1. The monoisotopic (exact) mass is 482 g/mol. The first kappa shape index (κ1) is 22.9. The molecule has 0 spiro atoms. The number of aryl methyl sites for hydroxylation is 1. The number of nitrogens with zero attached hydrogens (tertiary/aromatic N) is 5. The summed E-state index contributed by atoms with van der Waals surface area (Å²) in [5.41, 5.74) is 3.26. The molecule has 1 amide bonds. The van der Waals surface area contributed by atoms with Crippen LogP contribution in [0.25, 0.3) is 22.6 Å².